The predicted molar refractivity (Wildman–Crippen MR) is 99.1 cm³/mol. The van der Waals surface area contributed by atoms with Crippen LogP contribution in [0.1, 0.15) is 5.56 Å². The maximum Gasteiger partial charge on any atom is 0.230 e. The van der Waals surface area contributed by atoms with E-state index in [0.29, 0.717) is 11.7 Å². The second-order valence-corrected chi connectivity index (χ2v) is 6.39. The molecule has 0 atom stereocenters. The monoisotopic (exact) mass is 371 g/mol. The molecule has 1 aromatic heterocycles. The summed E-state index contributed by atoms with van der Waals surface area (Å²) in [6.07, 6.45) is 3.52. The van der Waals surface area contributed by atoms with Crippen LogP contribution in [0.4, 0.5) is 4.39 Å². The number of carbonyl (C=O) groups excluding carboxylic acids is 1. The summed E-state index contributed by atoms with van der Waals surface area (Å²) in [6.45, 7) is 0.362. The second-order valence-electron chi connectivity index (χ2n) is 5.44. The van der Waals surface area contributed by atoms with Gasteiger partial charge in [-0.2, -0.15) is 0 Å². The molecule has 7 heteroatoms. The van der Waals surface area contributed by atoms with Crippen LogP contribution in [-0.2, 0) is 11.3 Å². The first-order chi connectivity index (χ1) is 12.7. The Balaban J connectivity index is 1.59. The van der Waals surface area contributed by atoms with Crippen LogP contribution in [0.5, 0.6) is 5.75 Å². The molecule has 26 heavy (non-hydrogen) atoms. The third kappa shape index (κ3) is 4.43. The maximum atomic E-state index is 12.9. The zero-order valence-corrected chi connectivity index (χ0v) is 15.0. The van der Waals surface area contributed by atoms with Crippen molar-refractivity contribution in [1.82, 2.24) is 14.9 Å². The zero-order chi connectivity index (χ0) is 18.4. The highest BCUT2D eigenvalue weighted by atomic mass is 32.2. The Bertz CT molecular complexity index is 881. The lowest BCUT2D eigenvalue weighted by Gasteiger charge is -2.11. The fourth-order valence-corrected chi connectivity index (χ4v) is 3.19. The molecule has 134 valence electrons. The largest absolute Gasteiger partial charge is 0.495 e. The summed E-state index contributed by atoms with van der Waals surface area (Å²) in [7, 11) is 1.62. The SMILES string of the molecule is COc1ccccc1-n1ccnc1SCC(=O)NCc1ccc(F)cc1. The van der Waals surface area contributed by atoms with Gasteiger partial charge in [-0.15, -0.1) is 0 Å². The smallest absolute Gasteiger partial charge is 0.230 e. The molecule has 0 fully saturated rings. The Morgan fingerprint density at radius 2 is 2.00 bits per heavy atom. The first kappa shape index (κ1) is 18.0. The number of nitrogens with one attached hydrogen (secondary N) is 1. The minimum absolute atomic E-state index is 0.117. The van der Waals surface area contributed by atoms with Crippen molar-refractivity contribution >= 4 is 17.7 Å². The number of para-hydroxylation sites is 2. The van der Waals surface area contributed by atoms with Gasteiger partial charge in [0, 0.05) is 18.9 Å². The molecular formula is C19H18FN3O2S. The predicted octanol–water partition coefficient (Wildman–Crippen LogP) is 3.43. The van der Waals surface area contributed by atoms with Crippen molar-refractivity contribution < 1.29 is 13.9 Å². The quantitative estimate of drug-likeness (QED) is 0.647. The lowest BCUT2D eigenvalue weighted by molar-refractivity contribution is -0.118. The van der Waals surface area contributed by atoms with E-state index in [0.717, 1.165) is 17.0 Å². The topological polar surface area (TPSA) is 56.2 Å². The van der Waals surface area contributed by atoms with Gasteiger partial charge in [0.2, 0.25) is 5.91 Å². The zero-order valence-electron chi connectivity index (χ0n) is 14.2. The minimum atomic E-state index is -0.293. The van der Waals surface area contributed by atoms with Crippen molar-refractivity contribution in [1.29, 1.82) is 0 Å². The number of nitrogens with zero attached hydrogens (tertiary/aromatic N) is 2. The standard InChI is InChI=1S/C19H18FN3O2S/c1-25-17-5-3-2-4-16(17)23-11-10-21-19(23)26-13-18(24)22-12-14-6-8-15(20)9-7-14/h2-11H,12-13H2,1H3,(H,22,24). The summed E-state index contributed by atoms with van der Waals surface area (Å²) in [5.74, 6) is 0.550. The van der Waals surface area contributed by atoms with Gasteiger partial charge in [0.15, 0.2) is 5.16 Å². The molecule has 3 rings (SSSR count). The third-order valence-electron chi connectivity index (χ3n) is 3.69. The summed E-state index contributed by atoms with van der Waals surface area (Å²) in [5, 5.41) is 3.52. The van der Waals surface area contributed by atoms with E-state index in [1.807, 2.05) is 35.0 Å². The Hall–Kier alpha value is -2.80. The van der Waals surface area contributed by atoms with Gasteiger partial charge >= 0.3 is 0 Å². The van der Waals surface area contributed by atoms with Crippen LogP contribution in [0.3, 0.4) is 0 Å². The van der Waals surface area contributed by atoms with Crippen molar-refractivity contribution in [2.45, 2.75) is 11.7 Å². The number of methoxy groups -OCH3 is 1. The molecule has 0 radical (unpaired) electrons. The number of amides is 1. The molecule has 1 amide bonds. The molecule has 0 spiro atoms. The highest BCUT2D eigenvalue weighted by Crippen LogP contribution is 2.27. The van der Waals surface area contributed by atoms with Crippen molar-refractivity contribution in [3.8, 4) is 11.4 Å². The Kier molecular flexibility index (Phi) is 5.91. The molecular weight excluding hydrogens is 353 g/mol. The van der Waals surface area contributed by atoms with Gasteiger partial charge in [0.1, 0.15) is 11.6 Å². The van der Waals surface area contributed by atoms with Crippen molar-refractivity contribution in [2.24, 2.45) is 0 Å². The van der Waals surface area contributed by atoms with Gasteiger partial charge in [-0.1, -0.05) is 36.0 Å². The molecule has 1 N–H and O–H groups in total. The maximum absolute atomic E-state index is 12.9. The van der Waals surface area contributed by atoms with Crippen molar-refractivity contribution in [3.05, 3.63) is 72.3 Å². The number of benzene rings is 2. The lowest BCUT2D eigenvalue weighted by Crippen LogP contribution is -2.24. The number of thioether (sulfide) groups is 1. The van der Waals surface area contributed by atoms with E-state index in [4.69, 9.17) is 4.74 Å². The van der Waals surface area contributed by atoms with E-state index in [1.54, 1.807) is 25.4 Å². The highest BCUT2D eigenvalue weighted by Gasteiger charge is 2.12. The minimum Gasteiger partial charge on any atom is -0.495 e. The first-order valence-corrected chi connectivity index (χ1v) is 8.96. The molecule has 2 aromatic carbocycles. The fraction of sp³-hybridized carbons (Fsp3) is 0.158. The number of imidazole rings is 1. The molecule has 0 saturated carbocycles. The van der Waals surface area contributed by atoms with E-state index in [2.05, 4.69) is 10.3 Å². The van der Waals surface area contributed by atoms with Crippen LogP contribution >= 0.6 is 11.8 Å². The average Bonchev–Trinajstić information content (AvgIpc) is 3.14. The molecule has 0 aliphatic rings. The molecule has 0 bridgehead atoms. The summed E-state index contributed by atoms with van der Waals surface area (Å²) in [5.41, 5.74) is 1.71. The van der Waals surface area contributed by atoms with Gasteiger partial charge in [-0.3, -0.25) is 9.36 Å². The van der Waals surface area contributed by atoms with Crippen LogP contribution in [0, 0.1) is 5.82 Å². The second kappa shape index (κ2) is 8.53. The Labute approximate surface area is 155 Å². The summed E-state index contributed by atoms with van der Waals surface area (Å²) < 4.78 is 20.2. The van der Waals surface area contributed by atoms with Crippen LogP contribution in [-0.4, -0.2) is 28.3 Å². The van der Waals surface area contributed by atoms with E-state index in [9.17, 15) is 9.18 Å². The Morgan fingerprint density at radius 1 is 1.23 bits per heavy atom. The Morgan fingerprint density at radius 3 is 2.77 bits per heavy atom. The molecule has 5 nitrogen and oxygen atoms in total. The van der Waals surface area contributed by atoms with Crippen LogP contribution in [0.2, 0.25) is 0 Å². The number of rotatable bonds is 7. The number of hydrogen-bond donors (Lipinski definition) is 1. The molecule has 1 heterocycles. The van der Waals surface area contributed by atoms with Gasteiger partial charge < -0.3 is 10.1 Å². The number of carbonyl (C=O) groups is 1. The van der Waals surface area contributed by atoms with Crippen LogP contribution in [0.15, 0.2) is 66.1 Å². The number of halogens is 1. The van der Waals surface area contributed by atoms with E-state index < -0.39 is 0 Å². The molecule has 0 aliphatic carbocycles. The number of hydrogen-bond acceptors (Lipinski definition) is 4. The van der Waals surface area contributed by atoms with Gasteiger partial charge in [0.05, 0.1) is 18.6 Å². The summed E-state index contributed by atoms with van der Waals surface area (Å²) in [4.78, 5) is 16.4. The van der Waals surface area contributed by atoms with Gasteiger partial charge in [0.25, 0.3) is 0 Å². The van der Waals surface area contributed by atoms with Crippen molar-refractivity contribution in [2.75, 3.05) is 12.9 Å². The first-order valence-electron chi connectivity index (χ1n) is 7.98. The fourth-order valence-electron chi connectivity index (χ4n) is 2.39. The molecule has 3 aromatic rings. The normalized spacial score (nSPS) is 10.5. The highest BCUT2D eigenvalue weighted by molar-refractivity contribution is 7.99. The molecule has 0 saturated heterocycles. The average molecular weight is 371 g/mol. The van der Waals surface area contributed by atoms with Crippen LogP contribution in [0.25, 0.3) is 5.69 Å². The van der Waals surface area contributed by atoms with Crippen molar-refractivity contribution in [3.63, 3.8) is 0 Å². The van der Waals surface area contributed by atoms with E-state index in [-0.39, 0.29) is 17.5 Å². The number of ether oxygens (including phenoxy) is 1. The molecule has 0 aliphatic heterocycles. The summed E-state index contributed by atoms with van der Waals surface area (Å²) in [6, 6.07) is 13.7. The van der Waals surface area contributed by atoms with E-state index >= 15 is 0 Å². The third-order valence-corrected chi connectivity index (χ3v) is 4.65. The summed E-state index contributed by atoms with van der Waals surface area (Å²) >= 11 is 1.34. The molecule has 0 unspecified atom stereocenters. The van der Waals surface area contributed by atoms with Gasteiger partial charge in [-0.05, 0) is 29.8 Å². The van der Waals surface area contributed by atoms with Gasteiger partial charge in [-0.25, -0.2) is 9.37 Å². The van der Waals surface area contributed by atoms with E-state index in [1.165, 1.54) is 23.9 Å². The van der Waals surface area contributed by atoms with Crippen LogP contribution < -0.4 is 10.1 Å². The number of aromatic nitrogens is 2. The lowest BCUT2D eigenvalue weighted by atomic mass is 10.2.